The molecule has 6 heteroatoms. The number of nitrogens with one attached hydrogen (secondary N) is 1. The van der Waals surface area contributed by atoms with E-state index in [1.165, 1.54) is 0 Å². The molecule has 2 aromatic heterocycles. The lowest BCUT2D eigenvalue weighted by atomic mass is 10.1. The molecular weight excluding hydrogens is 256 g/mol. The molecule has 2 aromatic rings. The molecule has 0 amide bonds. The smallest absolute Gasteiger partial charge is 0.257 e. The Morgan fingerprint density at radius 2 is 2.35 bits per heavy atom. The molecule has 0 fully saturated rings. The summed E-state index contributed by atoms with van der Waals surface area (Å²) in [5.41, 5.74) is 2.48. The Labute approximate surface area is 116 Å². The highest BCUT2D eigenvalue weighted by Crippen LogP contribution is 2.09. The van der Waals surface area contributed by atoms with Crippen LogP contribution in [0.2, 0.25) is 0 Å². The van der Waals surface area contributed by atoms with Gasteiger partial charge in [-0.1, -0.05) is 6.07 Å². The summed E-state index contributed by atoms with van der Waals surface area (Å²) >= 11 is 0. The molecule has 20 heavy (non-hydrogen) atoms. The number of rotatable bonds is 3. The molecule has 3 heterocycles. The molecule has 0 aromatic carbocycles. The first-order valence-corrected chi connectivity index (χ1v) is 6.56. The largest absolute Gasteiger partial charge is 0.481 e. The Morgan fingerprint density at radius 1 is 1.45 bits per heavy atom. The topological polar surface area (TPSA) is 69.0 Å². The van der Waals surface area contributed by atoms with Gasteiger partial charge in [-0.25, -0.2) is 9.97 Å². The summed E-state index contributed by atoms with van der Waals surface area (Å²) in [7, 11) is 1.58. The van der Waals surface area contributed by atoms with Crippen molar-refractivity contribution in [3.05, 3.63) is 51.8 Å². The molecule has 1 N–H and O–H groups in total. The Balaban J connectivity index is 1.93. The summed E-state index contributed by atoms with van der Waals surface area (Å²) in [5.74, 6) is 0.547. The first-order chi connectivity index (χ1) is 9.78. The first-order valence-electron chi connectivity index (χ1n) is 6.56. The van der Waals surface area contributed by atoms with E-state index in [9.17, 15) is 4.79 Å². The molecule has 0 atom stereocenters. The predicted octanol–water partition coefficient (Wildman–Crippen LogP) is 0.341. The summed E-state index contributed by atoms with van der Waals surface area (Å²) in [4.78, 5) is 21.1. The highest BCUT2D eigenvalue weighted by molar-refractivity contribution is 5.21. The van der Waals surface area contributed by atoms with Crippen LogP contribution in [0, 0.1) is 0 Å². The van der Waals surface area contributed by atoms with Gasteiger partial charge < -0.3 is 10.1 Å². The van der Waals surface area contributed by atoms with E-state index in [0.717, 1.165) is 29.9 Å². The van der Waals surface area contributed by atoms with Crippen LogP contribution in [-0.2, 0) is 19.5 Å². The van der Waals surface area contributed by atoms with Gasteiger partial charge in [0.2, 0.25) is 5.88 Å². The van der Waals surface area contributed by atoms with E-state index in [4.69, 9.17) is 4.74 Å². The van der Waals surface area contributed by atoms with Crippen LogP contribution in [0.3, 0.4) is 0 Å². The molecule has 0 unspecified atom stereocenters. The molecule has 0 radical (unpaired) electrons. The van der Waals surface area contributed by atoms with E-state index in [2.05, 4.69) is 15.3 Å². The summed E-state index contributed by atoms with van der Waals surface area (Å²) < 4.78 is 6.69. The number of hydrogen-bond acceptors (Lipinski definition) is 5. The average molecular weight is 272 g/mol. The quantitative estimate of drug-likeness (QED) is 0.872. The zero-order chi connectivity index (χ0) is 13.9. The summed E-state index contributed by atoms with van der Waals surface area (Å²) in [6.45, 7) is 1.90. The van der Waals surface area contributed by atoms with Crippen molar-refractivity contribution < 1.29 is 4.74 Å². The molecule has 0 saturated heterocycles. The van der Waals surface area contributed by atoms with Crippen molar-refractivity contribution in [3.8, 4) is 5.88 Å². The van der Waals surface area contributed by atoms with Gasteiger partial charge in [-0.05, 0) is 19.0 Å². The van der Waals surface area contributed by atoms with Crippen LogP contribution in [0.4, 0.5) is 0 Å². The highest BCUT2D eigenvalue weighted by atomic mass is 16.5. The molecule has 6 nitrogen and oxygen atoms in total. The average Bonchev–Trinajstić information content (AvgIpc) is 2.50. The van der Waals surface area contributed by atoms with Crippen molar-refractivity contribution >= 4 is 0 Å². The Hall–Kier alpha value is -2.21. The molecule has 0 aliphatic carbocycles. The Morgan fingerprint density at radius 3 is 3.20 bits per heavy atom. The fourth-order valence-electron chi connectivity index (χ4n) is 2.34. The van der Waals surface area contributed by atoms with Crippen molar-refractivity contribution in [2.45, 2.75) is 19.5 Å². The molecule has 0 spiro atoms. The highest BCUT2D eigenvalue weighted by Gasteiger charge is 2.15. The molecule has 1 aliphatic heterocycles. The van der Waals surface area contributed by atoms with Gasteiger partial charge in [-0.15, -0.1) is 0 Å². The van der Waals surface area contributed by atoms with Crippen LogP contribution in [0.25, 0.3) is 0 Å². The maximum atomic E-state index is 12.4. The third kappa shape index (κ3) is 2.42. The normalized spacial score (nSPS) is 13.8. The Bertz CT molecular complexity index is 681. The van der Waals surface area contributed by atoms with Crippen molar-refractivity contribution in [1.29, 1.82) is 0 Å². The van der Waals surface area contributed by atoms with E-state index in [1.54, 1.807) is 24.1 Å². The van der Waals surface area contributed by atoms with Gasteiger partial charge in [0.25, 0.3) is 5.56 Å². The number of aromatic nitrogens is 3. The minimum atomic E-state index is 0.0288. The van der Waals surface area contributed by atoms with Crippen molar-refractivity contribution in [3.63, 3.8) is 0 Å². The first kappa shape index (κ1) is 12.8. The number of pyridine rings is 1. The van der Waals surface area contributed by atoms with E-state index in [0.29, 0.717) is 19.0 Å². The second kappa shape index (κ2) is 5.42. The lowest BCUT2D eigenvalue weighted by Gasteiger charge is -2.16. The minimum absolute atomic E-state index is 0.0288. The second-order valence-electron chi connectivity index (χ2n) is 4.70. The number of nitrogens with zero attached hydrogens (tertiary/aromatic N) is 3. The SMILES string of the molecule is COc1cccc(Cn2cnc3c(c2=O)CCNC3)n1. The molecular formula is C14H16N4O2. The summed E-state index contributed by atoms with van der Waals surface area (Å²) in [6.07, 6.45) is 2.32. The van der Waals surface area contributed by atoms with E-state index < -0.39 is 0 Å². The van der Waals surface area contributed by atoms with Gasteiger partial charge in [0, 0.05) is 18.2 Å². The van der Waals surface area contributed by atoms with Gasteiger partial charge in [0.1, 0.15) is 0 Å². The van der Waals surface area contributed by atoms with Crippen molar-refractivity contribution in [2.24, 2.45) is 0 Å². The third-order valence-corrected chi connectivity index (χ3v) is 3.39. The zero-order valence-corrected chi connectivity index (χ0v) is 11.3. The molecule has 1 aliphatic rings. The maximum Gasteiger partial charge on any atom is 0.257 e. The maximum absolute atomic E-state index is 12.4. The van der Waals surface area contributed by atoms with Crippen molar-refractivity contribution in [2.75, 3.05) is 13.7 Å². The monoisotopic (exact) mass is 272 g/mol. The molecule has 0 bridgehead atoms. The summed E-state index contributed by atoms with van der Waals surface area (Å²) in [5, 5.41) is 3.21. The number of ether oxygens (including phenoxy) is 1. The fraction of sp³-hybridized carbons (Fsp3) is 0.357. The Kier molecular flexibility index (Phi) is 3.47. The molecule has 3 rings (SSSR count). The van der Waals surface area contributed by atoms with Crippen molar-refractivity contribution in [1.82, 2.24) is 19.9 Å². The van der Waals surface area contributed by atoms with Crippen LogP contribution in [-0.4, -0.2) is 28.2 Å². The molecule has 104 valence electrons. The van der Waals surface area contributed by atoms with Gasteiger partial charge in [0.05, 0.1) is 31.4 Å². The van der Waals surface area contributed by atoms with E-state index in [1.807, 2.05) is 12.1 Å². The van der Waals surface area contributed by atoms with Crippen LogP contribution in [0.5, 0.6) is 5.88 Å². The van der Waals surface area contributed by atoms with Crippen LogP contribution in [0.1, 0.15) is 17.0 Å². The molecule has 0 saturated carbocycles. The number of methoxy groups -OCH3 is 1. The number of hydrogen-bond donors (Lipinski definition) is 1. The van der Waals surface area contributed by atoms with E-state index >= 15 is 0 Å². The third-order valence-electron chi connectivity index (χ3n) is 3.39. The standard InChI is InChI=1S/C14H16N4O2/c1-20-13-4-2-3-10(17-13)8-18-9-16-12-7-15-6-5-11(12)14(18)19/h2-4,9,15H,5-8H2,1H3. The minimum Gasteiger partial charge on any atom is -0.481 e. The summed E-state index contributed by atoms with van der Waals surface area (Å²) in [6, 6.07) is 5.51. The van der Waals surface area contributed by atoms with Crippen LogP contribution in [0.15, 0.2) is 29.3 Å². The lowest BCUT2D eigenvalue weighted by molar-refractivity contribution is 0.395. The predicted molar refractivity (Wildman–Crippen MR) is 73.8 cm³/mol. The van der Waals surface area contributed by atoms with Gasteiger partial charge in [0.15, 0.2) is 0 Å². The fourth-order valence-corrected chi connectivity index (χ4v) is 2.34. The van der Waals surface area contributed by atoms with Gasteiger partial charge in [-0.3, -0.25) is 9.36 Å². The zero-order valence-electron chi connectivity index (χ0n) is 11.3. The van der Waals surface area contributed by atoms with E-state index in [-0.39, 0.29) is 5.56 Å². The number of fused-ring (bicyclic) bond motifs is 1. The second-order valence-corrected chi connectivity index (χ2v) is 4.70. The van der Waals surface area contributed by atoms with Crippen LogP contribution >= 0.6 is 0 Å². The van der Waals surface area contributed by atoms with Gasteiger partial charge in [-0.2, -0.15) is 0 Å². The van der Waals surface area contributed by atoms with Gasteiger partial charge >= 0.3 is 0 Å². The lowest BCUT2D eigenvalue weighted by Crippen LogP contribution is -2.34. The van der Waals surface area contributed by atoms with Crippen LogP contribution < -0.4 is 15.6 Å².